The Morgan fingerprint density at radius 3 is 2.39 bits per heavy atom. The molecule has 23 heavy (non-hydrogen) atoms. The molecule has 2 rings (SSSR count). The van der Waals surface area contributed by atoms with Crippen LogP contribution in [-0.4, -0.2) is 48.1 Å². The number of carboxylic acids is 1. The number of amides is 1. The van der Waals surface area contributed by atoms with Crippen LogP contribution in [0.4, 0.5) is 0 Å². The van der Waals surface area contributed by atoms with Crippen molar-refractivity contribution in [3.63, 3.8) is 0 Å². The number of carbonyl (C=O) groups is 2. The molecule has 1 atom stereocenters. The number of likely N-dealkylation sites (tertiary alicyclic amines) is 1. The van der Waals surface area contributed by atoms with Crippen LogP contribution in [0.1, 0.15) is 43.5 Å². The molecule has 1 amide bonds. The number of carbonyl (C=O) groups excluding carboxylic acids is 1. The molecule has 0 aromatic heterocycles. The molecule has 126 valence electrons. The predicted molar refractivity (Wildman–Crippen MR) is 85.1 cm³/mol. The van der Waals surface area contributed by atoms with Gasteiger partial charge in [0.1, 0.15) is 0 Å². The molecule has 1 fully saturated rings. The fourth-order valence-electron chi connectivity index (χ4n) is 2.74. The second kappa shape index (κ2) is 6.70. The highest BCUT2D eigenvalue weighted by molar-refractivity contribution is 7.92. The first-order valence-electron chi connectivity index (χ1n) is 7.60. The molecule has 7 heteroatoms. The molecule has 0 spiro atoms. The Labute approximate surface area is 136 Å². The molecular weight excluding hydrogens is 318 g/mol. The molecule has 0 aliphatic carbocycles. The fourth-order valence-corrected chi connectivity index (χ4v) is 3.80. The summed E-state index contributed by atoms with van der Waals surface area (Å²) in [6.45, 7) is 3.74. The highest BCUT2D eigenvalue weighted by atomic mass is 32.2. The van der Waals surface area contributed by atoms with Gasteiger partial charge in [0.25, 0.3) is 5.91 Å². The second-order valence-electron chi connectivity index (χ2n) is 6.01. The van der Waals surface area contributed by atoms with Crippen LogP contribution in [0.25, 0.3) is 0 Å². The first kappa shape index (κ1) is 17.5. The van der Waals surface area contributed by atoms with Gasteiger partial charge in [0.05, 0.1) is 16.6 Å². The highest BCUT2D eigenvalue weighted by Crippen LogP contribution is 2.23. The molecule has 1 aromatic carbocycles. The fraction of sp³-hybridized carbons (Fsp3) is 0.500. The van der Waals surface area contributed by atoms with Crippen LogP contribution in [-0.2, 0) is 14.6 Å². The molecule has 6 nitrogen and oxygen atoms in total. The second-order valence-corrected chi connectivity index (χ2v) is 8.51. The van der Waals surface area contributed by atoms with E-state index in [2.05, 4.69) is 0 Å². The molecule has 0 saturated carbocycles. The minimum atomic E-state index is -3.37. The topological polar surface area (TPSA) is 91.8 Å². The van der Waals surface area contributed by atoms with Crippen molar-refractivity contribution in [1.29, 1.82) is 0 Å². The van der Waals surface area contributed by atoms with Crippen molar-refractivity contribution in [3.05, 3.63) is 29.8 Å². The largest absolute Gasteiger partial charge is 0.481 e. The van der Waals surface area contributed by atoms with Crippen LogP contribution in [0.5, 0.6) is 0 Å². The first-order valence-corrected chi connectivity index (χ1v) is 9.15. The van der Waals surface area contributed by atoms with E-state index in [1.165, 1.54) is 24.3 Å². The lowest BCUT2D eigenvalue weighted by molar-refractivity contribution is -0.137. The summed E-state index contributed by atoms with van der Waals surface area (Å²) >= 11 is 0. The quantitative estimate of drug-likeness (QED) is 0.885. The van der Waals surface area contributed by atoms with Crippen molar-refractivity contribution in [3.8, 4) is 0 Å². The Kier molecular flexibility index (Phi) is 5.09. The predicted octanol–water partition coefficient (Wildman–Crippen LogP) is 1.95. The lowest BCUT2D eigenvalue weighted by Gasteiger charge is -2.23. The van der Waals surface area contributed by atoms with E-state index in [9.17, 15) is 18.0 Å². The van der Waals surface area contributed by atoms with Crippen LogP contribution in [0.3, 0.4) is 0 Å². The van der Waals surface area contributed by atoms with Crippen molar-refractivity contribution < 1.29 is 23.1 Å². The van der Waals surface area contributed by atoms with Gasteiger partial charge >= 0.3 is 5.97 Å². The number of aliphatic carboxylic acids is 1. The molecule has 1 N–H and O–H groups in total. The maximum absolute atomic E-state index is 12.5. The van der Waals surface area contributed by atoms with E-state index < -0.39 is 21.1 Å². The average molecular weight is 339 g/mol. The third-order valence-electron chi connectivity index (χ3n) is 4.10. The molecule has 1 unspecified atom stereocenters. The van der Waals surface area contributed by atoms with E-state index in [-0.39, 0.29) is 23.3 Å². The zero-order chi connectivity index (χ0) is 17.2. The Hall–Kier alpha value is -1.89. The van der Waals surface area contributed by atoms with Crippen LogP contribution < -0.4 is 0 Å². The van der Waals surface area contributed by atoms with Crippen LogP contribution >= 0.6 is 0 Å². The standard InChI is InChI=1S/C16H21NO5S/c1-11(2)23(21,22)14-7-5-12(6-8-14)16(20)17-9-3-4-13(17)10-15(18)19/h5-8,11,13H,3-4,9-10H2,1-2H3,(H,18,19). The van der Waals surface area contributed by atoms with Crippen molar-refractivity contribution in [2.75, 3.05) is 6.54 Å². The van der Waals surface area contributed by atoms with Gasteiger partial charge in [-0.1, -0.05) is 0 Å². The lowest BCUT2D eigenvalue weighted by atomic mass is 10.1. The van der Waals surface area contributed by atoms with E-state index in [1.54, 1.807) is 18.7 Å². The van der Waals surface area contributed by atoms with E-state index in [1.807, 2.05) is 0 Å². The van der Waals surface area contributed by atoms with Crippen molar-refractivity contribution in [1.82, 2.24) is 4.90 Å². The van der Waals surface area contributed by atoms with Gasteiger partial charge in [0.15, 0.2) is 9.84 Å². The molecule has 1 saturated heterocycles. The third-order valence-corrected chi connectivity index (χ3v) is 6.27. The van der Waals surface area contributed by atoms with Gasteiger partial charge in [-0.3, -0.25) is 9.59 Å². The summed E-state index contributed by atoms with van der Waals surface area (Å²) in [5.74, 6) is -1.17. The van der Waals surface area contributed by atoms with Gasteiger partial charge in [0, 0.05) is 18.2 Å². The summed E-state index contributed by atoms with van der Waals surface area (Å²) in [6, 6.07) is 5.57. The van der Waals surface area contributed by atoms with E-state index >= 15 is 0 Å². The van der Waals surface area contributed by atoms with Gasteiger partial charge < -0.3 is 10.0 Å². The van der Waals surface area contributed by atoms with Gasteiger partial charge in [-0.15, -0.1) is 0 Å². The zero-order valence-corrected chi connectivity index (χ0v) is 14.0. The van der Waals surface area contributed by atoms with Gasteiger partial charge in [-0.05, 0) is 51.0 Å². The van der Waals surface area contributed by atoms with Gasteiger partial charge in [0.2, 0.25) is 0 Å². The van der Waals surface area contributed by atoms with Gasteiger partial charge in [-0.2, -0.15) is 0 Å². The third kappa shape index (κ3) is 3.72. The van der Waals surface area contributed by atoms with Crippen LogP contribution in [0, 0.1) is 0 Å². The van der Waals surface area contributed by atoms with Gasteiger partial charge in [-0.25, -0.2) is 8.42 Å². The Morgan fingerprint density at radius 2 is 1.87 bits per heavy atom. The summed E-state index contributed by atoms with van der Waals surface area (Å²) in [5.41, 5.74) is 0.380. The highest BCUT2D eigenvalue weighted by Gasteiger charge is 2.31. The normalized spacial score (nSPS) is 18.4. The Morgan fingerprint density at radius 1 is 1.26 bits per heavy atom. The van der Waals surface area contributed by atoms with E-state index in [0.29, 0.717) is 18.5 Å². The number of rotatable bonds is 5. The molecule has 1 heterocycles. The van der Waals surface area contributed by atoms with E-state index in [0.717, 1.165) is 6.42 Å². The Balaban J connectivity index is 2.19. The summed E-state index contributed by atoms with van der Waals surface area (Å²) in [6.07, 6.45) is 1.40. The average Bonchev–Trinajstić information content (AvgIpc) is 2.93. The van der Waals surface area contributed by atoms with Crippen molar-refractivity contribution in [2.45, 2.75) is 49.3 Å². The minimum absolute atomic E-state index is 0.0639. The van der Waals surface area contributed by atoms with Crippen LogP contribution in [0.15, 0.2) is 29.2 Å². The summed E-state index contributed by atoms with van der Waals surface area (Å²) in [4.78, 5) is 25.1. The van der Waals surface area contributed by atoms with Crippen molar-refractivity contribution in [2.24, 2.45) is 0 Å². The van der Waals surface area contributed by atoms with Crippen molar-refractivity contribution >= 4 is 21.7 Å². The first-order chi connectivity index (χ1) is 10.7. The molecule has 1 aliphatic rings. The number of sulfone groups is 1. The maximum atomic E-state index is 12.5. The number of benzene rings is 1. The molecule has 1 aromatic rings. The maximum Gasteiger partial charge on any atom is 0.305 e. The lowest BCUT2D eigenvalue weighted by Crippen LogP contribution is -2.36. The van der Waals surface area contributed by atoms with E-state index in [4.69, 9.17) is 5.11 Å². The molecular formula is C16H21NO5S. The molecule has 0 radical (unpaired) electrons. The zero-order valence-electron chi connectivity index (χ0n) is 13.2. The summed E-state index contributed by atoms with van der Waals surface area (Å²) in [7, 11) is -3.37. The number of hydrogen-bond donors (Lipinski definition) is 1. The minimum Gasteiger partial charge on any atom is -0.481 e. The Bertz CT molecular complexity index is 694. The smallest absolute Gasteiger partial charge is 0.305 e. The molecule has 1 aliphatic heterocycles. The van der Waals surface area contributed by atoms with Crippen LogP contribution in [0.2, 0.25) is 0 Å². The number of carboxylic acid groups (broad SMARTS) is 1. The number of hydrogen-bond acceptors (Lipinski definition) is 4. The monoisotopic (exact) mass is 339 g/mol. The SMILES string of the molecule is CC(C)S(=O)(=O)c1ccc(C(=O)N2CCCC2CC(=O)O)cc1. The summed E-state index contributed by atoms with van der Waals surface area (Å²) in [5, 5.41) is 8.39. The number of nitrogens with zero attached hydrogens (tertiary/aromatic N) is 1. The summed E-state index contributed by atoms with van der Waals surface area (Å²) < 4.78 is 24.2. The molecule has 0 bridgehead atoms.